The van der Waals surface area contributed by atoms with Gasteiger partial charge in [0.15, 0.2) is 0 Å². The number of hydrogen-bond acceptors (Lipinski definition) is 4. The summed E-state index contributed by atoms with van der Waals surface area (Å²) < 4.78 is 0. The van der Waals surface area contributed by atoms with E-state index < -0.39 is 11.9 Å². The molecule has 0 fully saturated rings. The van der Waals surface area contributed by atoms with E-state index in [4.69, 9.17) is 0 Å². The van der Waals surface area contributed by atoms with Crippen LogP contribution in [0.5, 0.6) is 0 Å². The van der Waals surface area contributed by atoms with Crippen molar-refractivity contribution in [3.05, 3.63) is 59.7 Å². The van der Waals surface area contributed by atoms with Gasteiger partial charge in [0, 0.05) is 0 Å². The molecule has 0 aliphatic heterocycles. The number of carboxylic acids is 2. The molecule has 90 valence electrons. The summed E-state index contributed by atoms with van der Waals surface area (Å²) >= 11 is 0. The normalized spacial score (nSPS) is 9.00. The Morgan fingerprint density at radius 1 is 0.700 bits per heavy atom. The average molecular weight is 286 g/mol. The molecule has 0 saturated carbocycles. The zero-order valence-electron chi connectivity index (χ0n) is 11.3. The molecule has 0 radical (unpaired) electrons. The number of hydrogen-bond donors (Lipinski definition) is 0. The van der Waals surface area contributed by atoms with Crippen LogP contribution in [0.1, 0.15) is 20.7 Å². The largest absolute Gasteiger partial charge is 1.00 e. The Morgan fingerprint density at radius 2 is 1.05 bits per heavy atom. The third-order valence-electron chi connectivity index (χ3n) is 2.53. The molecule has 0 heterocycles. The van der Waals surface area contributed by atoms with Gasteiger partial charge in [-0.1, -0.05) is 36.4 Å². The van der Waals surface area contributed by atoms with Crippen molar-refractivity contribution in [2.45, 2.75) is 0 Å². The SMILES string of the molecule is O=C([O-])c1cccc(-c2cccc(C(=O)[O-])c2)c1.[Na+].[Na+]. The molecule has 2 rings (SSSR count). The van der Waals surface area contributed by atoms with E-state index in [1.54, 1.807) is 24.3 Å². The summed E-state index contributed by atoms with van der Waals surface area (Å²) in [7, 11) is 0. The molecular formula is C14H8Na2O4. The molecule has 0 atom stereocenters. The number of carbonyl (C=O) groups excluding carboxylic acids is 2. The van der Waals surface area contributed by atoms with Crippen LogP contribution >= 0.6 is 0 Å². The summed E-state index contributed by atoms with van der Waals surface area (Å²) in [6.45, 7) is 0. The summed E-state index contributed by atoms with van der Waals surface area (Å²) in [5, 5.41) is 21.5. The van der Waals surface area contributed by atoms with Gasteiger partial charge in [-0.2, -0.15) is 0 Å². The average Bonchev–Trinajstić information content (AvgIpc) is 2.39. The van der Waals surface area contributed by atoms with Crippen molar-refractivity contribution in [2.75, 3.05) is 0 Å². The van der Waals surface area contributed by atoms with Crippen LogP contribution in [-0.4, -0.2) is 11.9 Å². The van der Waals surface area contributed by atoms with Crippen molar-refractivity contribution in [1.82, 2.24) is 0 Å². The Kier molecular flexibility index (Phi) is 8.35. The number of carboxylic acid groups (broad SMARTS) is 2. The van der Waals surface area contributed by atoms with Gasteiger partial charge in [-0.15, -0.1) is 0 Å². The Bertz CT molecular complexity index is 571. The molecule has 2 aromatic rings. The van der Waals surface area contributed by atoms with Crippen molar-refractivity contribution >= 4 is 11.9 Å². The van der Waals surface area contributed by atoms with Crippen molar-refractivity contribution < 1.29 is 78.9 Å². The summed E-state index contributed by atoms with van der Waals surface area (Å²) in [5.74, 6) is -2.54. The Balaban J connectivity index is 0.00000180. The Morgan fingerprint density at radius 3 is 1.35 bits per heavy atom. The minimum absolute atomic E-state index is 0. The molecule has 0 amide bonds. The van der Waals surface area contributed by atoms with E-state index in [2.05, 4.69) is 0 Å². The van der Waals surface area contributed by atoms with Crippen molar-refractivity contribution in [2.24, 2.45) is 0 Å². The second kappa shape index (κ2) is 8.62. The molecule has 0 unspecified atom stereocenters. The minimum Gasteiger partial charge on any atom is -0.545 e. The number of aromatic carboxylic acids is 2. The van der Waals surface area contributed by atoms with Gasteiger partial charge in [0.2, 0.25) is 0 Å². The van der Waals surface area contributed by atoms with Gasteiger partial charge in [-0.3, -0.25) is 0 Å². The van der Waals surface area contributed by atoms with E-state index in [-0.39, 0.29) is 70.2 Å². The van der Waals surface area contributed by atoms with E-state index in [0.29, 0.717) is 11.1 Å². The molecule has 0 aliphatic rings. The number of benzene rings is 2. The molecule has 4 nitrogen and oxygen atoms in total. The molecule has 0 bridgehead atoms. The fourth-order valence-corrected chi connectivity index (χ4v) is 1.65. The first-order valence-electron chi connectivity index (χ1n) is 5.21. The molecule has 0 spiro atoms. The standard InChI is InChI=1S/C14H10O4.2Na/c15-13(16)11-5-1-3-9(7-11)10-4-2-6-12(8-10)14(17)18;;/h1-8H,(H,15,16)(H,17,18);;/q;2*+1/p-2. The topological polar surface area (TPSA) is 80.3 Å². The molecule has 0 aromatic heterocycles. The zero-order chi connectivity index (χ0) is 13.1. The van der Waals surface area contributed by atoms with Gasteiger partial charge in [0.05, 0.1) is 11.9 Å². The predicted octanol–water partition coefficient (Wildman–Crippen LogP) is -5.91. The summed E-state index contributed by atoms with van der Waals surface area (Å²) in [6.07, 6.45) is 0. The maximum atomic E-state index is 10.7. The summed E-state index contributed by atoms with van der Waals surface area (Å²) in [5.41, 5.74) is 1.32. The molecule has 20 heavy (non-hydrogen) atoms. The first kappa shape index (κ1) is 19.4. The number of rotatable bonds is 3. The van der Waals surface area contributed by atoms with Crippen LogP contribution in [0.4, 0.5) is 0 Å². The predicted molar refractivity (Wildman–Crippen MR) is 60.5 cm³/mol. The van der Waals surface area contributed by atoms with Crippen LogP contribution in [0.2, 0.25) is 0 Å². The molecular weight excluding hydrogens is 278 g/mol. The van der Waals surface area contributed by atoms with E-state index >= 15 is 0 Å². The van der Waals surface area contributed by atoms with Gasteiger partial charge >= 0.3 is 59.1 Å². The van der Waals surface area contributed by atoms with Crippen LogP contribution in [0.15, 0.2) is 48.5 Å². The third kappa shape index (κ3) is 4.74. The Hall–Kier alpha value is -0.620. The monoisotopic (exact) mass is 286 g/mol. The van der Waals surface area contributed by atoms with Gasteiger partial charge in [0.25, 0.3) is 0 Å². The maximum Gasteiger partial charge on any atom is 1.00 e. The first-order valence-corrected chi connectivity index (χ1v) is 5.21. The maximum absolute atomic E-state index is 10.7. The molecule has 0 aliphatic carbocycles. The number of carbonyl (C=O) groups is 2. The van der Waals surface area contributed by atoms with E-state index in [9.17, 15) is 19.8 Å². The third-order valence-corrected chi connectivity index (χ3v) is 2.53. The quantitative estimate of drug-likeness (QED) is 0.526. The van der Waals surface area contributed by atoms with Gasteiger partial charge in [0.1, 0.15) is 0 Å². The van der Waals surface area contributed by atoms with Crippen molar-refractivity contribution in [1.29, 1.82) is 0 Å². The summed E-state index contributed by atoms with van der Waals surface area (Å²) in [6, 6.07) is 12.2. The van der Waals surface area contributed by atoms with Crippen molar-refractivity contribution in [3.8, 4) is 11.1 Å². The zero-order valence-corrected chi connectivity index (χ0v) is 15.3. The van der Waals surface area contributed by atoms with E-state index in [1.807, 2.05) is 0 Å². The Labute approximate surface area is 160 Å². The van der Waals surface area contributed by atoms with Gasteiger partial charge < -0.3 is 19.8 Å². The van der Waals surface area contributed by atoms with Crippen LogP contribution < -0.4 is 69.3 Å². The van der Waals surface area contributed by atoms with Crippen LogP contribution in [0, 0.1) is 0 Å². The fraction of sp³-hybridized carbons (Fsp3) is 0. The van der Waals surface area contributed by atoms with Crippen LogP contribution in [-0.2, 0) is 0 Å². The first-order chi connectivity index (χ1) is 8.58. The molecule has 6 heteroatoms. The van der Waals surface area contributed by atoms with Gasteiger partial charge in [-0.25, -0.2) is 0 Å². The van der Waals surface area contributed by atoms with E-state index in [1.165, 1.54) is 24.3 Å². The molecule has 0 N–H and O–H groups in total. The molecule has 2 aromatic carbocycles. The van der Waals surface area contributed by atoms with Crippen LogP contribution in [0.25, 0.3) is 11.1 Å². The smallest absolute Gasteiger partial charge is 0.545 e. The summed E-state index contributed by atoms with van der Waals surface area (Å²) in [4.78, 5) is 21.5. The fourth-order valence-electron chi connectivity index (χ4n) is 1.65. The molecule has 0 saturated heterocycles. The second-order valence-corrected chi connectivity index (χ2v) is 3.74. The van der Waals surface area contributed by atoms with Gasteiger partial charge in [-0.05, 0) is 34.4 Å². The second-order valence-electron chi connectivity index (χ2n) is 3.74. The van der Waals surface area contributed by atoms with Crippen molar-refractivity contribution in [3.63, 3.8) is 0 Å². The van der Waals surface area contributed by atoms with Crippen LogP contribution in [0.3, 0.4) is 0 Å². The minimum atomic E-state index is -1.27. The van der Waals surface area contributed by atoms with E-state index in [0.717, 1.165) is 0 Å².